The van der Waals surface area contributed by atoms with E-state index in [0.717, 1.165) is 11.1 Å². The summed E-state index contributed by atoms with van der Waals surface area (Å²) in [6.07, 6.45) is 9.58. The Kier molecular flexibility index (Phi) is 10.6. The zero-order valence-corrected chi connectivity index (χ0v) is 27.6. The Hall–Kier alpha value is -5.42. The maximum absolute atomic E-state index is 13.6. The third kappa shape index (κ3) is 8.48. The number of ether oxygens (including phenoxy) is 2. The smallest absolute Gasteiger partial charge is 0.263 e. The minimum absolute atomic E-state index is 0.0339. The predicted octanol–water partition coefficient (Wildman–Crippen LogP) is 3.59. The Balaban J connectivity index is 0.000000250. The van der Waals surface area contributed by atoms with E-state index in [1.165, 1.54) is 32.0 Å². The number of aromatic nitrogens is 6. The summed E-state index contributed by atoms with van der Waals surface area (Å²) in [5, 5.41) is 12.9. The first-order chi connectivity index (χ1) is 23.1. The van der Waals surface area contributed by atoms with Crippen LogP contribution in [-0.4, -0.2) is 64.9 Å². The van der Waals surface area contributed by atoms with E-state index >= 15 is 0 Å². The van der Waals surface area contributed by atoms with Crippen molar-refractivity contribution in [3.8, 4) is 22.9 Å². The van der Waals surface area contributed by atoms with Crippen LogP contribution >= 0.6 is 0 Å². The van der Waals surface area contributed by atoms with Gasteiger partial charge in [0.05, 0.1) is 38.0 Å². The van der Waals surface area contributed by atoms with Crippen LogP contribution in [-0.2, 0) is 33.1 Å². The number of rotatable bonds is 11. The highest BCUT2D eigenvalue weighted by Gasteiger charge is 2.28. The second-order valence-corrected chi connectivity index (χ2v) is 13.5. The molecule has 4 heterocycles. The van der Waals surface area contributed by atoms with Gasteiger partial charge >= 0.3 is 0 Å². The van der Waals surface area contributed by atoms with Crippen LogP contribution in [0.25, 0.3) is 11.4 Å². The van der Waals surface area contributed by atoms with Crippen molar-refractivity contribution in [2.45, 2.75) is 23.1 Å². The van der Waals surface area contributed by atoms with Crippen molar-refractivity contribution < 1.29 is 26.3 Å². The number of methoxy groups -OCH3 is 2. The predicted molar refractivity (Wildman–Crippen MR) is 177 cm³/mol. The molecule has 0 amide bonds. The van der Waals surface area contributed by atoms with Crippen LogP contribution in [0, 0.1) is 0 Å². The van der Waals surface area contributed by atoms with Gasteiger partial charge in [0.2, 0.25) is 0 Å². The molecule has 16 heteroatoms. The molecular weight excluding hydrogens is 657 g/mol. The van der Waals surface area contributed by atoms with Gasteiger partial charge in [-0.2, -0.15) is 14.5 Å². The van der Waals surface area contributed by atoms with E-state index in [1.807, 2.05) is 54.6 Å². The molecule has 0 aliphatic carbocycles. The quantitative estimate of drug-likeness (QED) is 0.212. The number of primary sulfonamides is 1. The molecule has 4 aromatic heterocycles. The van der Waals surface area contributed by atoms with Crippen LogP contribution in [0.15, 0.2) is 132 Å². The fourth-order valence-electron chi connectivity index (χ4n) is 4.40. The van der Waals surface area contributed by atoms with Crippen molar-refractivity contribution in [1.29, 1.82) is 0 Å². The van der Waals surface area contributed by atoms with Gasteiger partial charge in [0.1, 0.15) is 11.5 Å². The fraction of sp³-hybridized carbons (Fsp3) is 0.125. The first-order valence-corrected chi connectivity index (χ1v) is 17.3. The summed E-state index contributed by atoms with van der Waals surface area (Å²) >= 11 is 0. The van der Waals surface area contributed by atoms with Crippen molar-refractivity contribution in [1.82, 2.24) is 33.8 Å². The standard InChI is InChI=1S/C24H24N4O4S.C8H8N4O2S/c1-31-22-9-5-19(6-10-22)17-27(18-20-7-11-23(32-2)12-8-20)33(29,30)24-13-15-28(26-24)21-4-3-14-25-16-21;9-15(13,14)8-3-5-12(11-8)7-2-1-4-10-6-7/h3-16H,17-18H2,1-2H3;1-6H,(H2,9,13,14). The first kappa shape index (κ1) is 33.9. The van der Waals surface area contributed by atoms with E-state index in [1.54, 1.807) is 63.4 Å². The van der Waals surface area contributed by atoms with E-state index in [0.29, 0.717) is 22.9 Å². The molecule has 2 aromatic carbocycles. The molecule has 0 unspecified atom stereocenters. The summed E-state index contributed by atoms with van der Waals surface area (Å²) < 4.78 is 63.9. The van der Waals surface area contributed by atoms with Gasteiger partial charge in [0.15, 0.2) is 10.1 Å². The Labute approximate surface area is 278 Å². The van der Waals surface area contributed by atoms with E-state index in [9.17, 15) is 16.8 Å². The number of nitrogens with zero attached hydrogens (tertiary/aromatic N) is 7. The van der Waals surface area contributed by atoms with Crippen molar-refractivity contribution in [2.24, 2.45) is 5.14 Å². The second-order valence-electron chi connectivity index (χ2n) is 10.1. The lowest BCUT2D eigenvalue weighted by Gasteiger charge is -2.21. The molecule has 14 nitrogen and oxygen atoms in total. The largest absolute Gasteiger partial charge is 0.497 e. The zero-order valence-electron chi connectivity index (χ0n) is 25.9. The van der Waals surface area contributed by atoms with E-state index in [4.69, 9.17) is 14.6 Å². The molecule has 0 aliphatic rings. The molecular formula is C32H32N8O6S2. The fourth-order valence-corrected chi connectivity index (χ4v) is 6.18. The highest BCUT2D eigenvalue weighted by molar-refractivity contribution is 7.89. The molecule has 2 N–H and O–H groups in total. The van der Waals surface area contributed by atoms with Gasteiger partial charge in [-0.1, -0.05) is 24.3 Å². The third-order valence-corrected chi connectivity index (χ3v) is 9.37. The summed E-state index contributed by atoms with van der Waals surface area (Å²) in [4.78, 5) is 7.96. The van der Waals surface area contributed by atoms with E-state index in [-0.39, 0.29) is 23.1 Å². The molecule has 0 saturated carbocycles. The normalized spacial score (nSPS) is 11.5. The van der Waals surface area contributed by atoms with Crippen molar-refractivity contribution in [2.75, 3.05) is 14.2 Å². The highest BCUT2D eigenvalue weighted by Crippen LogP contribution is 2.23. The molecule has 0 fully saturated rings. The summed E-state index contributed by atoms with van der Waals surface area (Å²) in [5.41, 5.74) is 3.02. The molecule has 0 aliphatic heterocycles. The average Bonchev–Trinajstić information content (AvgIpc) is 3.82. The van der Waals surface area contributed by atoms with Crippen LogP contribution in [0.2, 0.25) is 0 Å². The number of pyridine rings is 2. The second kappa shape index (κ2) is 15.0. The summed E-state index contributed by atoms with van der Waals surface area (Å²) in [6.45, 7) is 0.357. The highest BCUT2D eigenvalue weighted by atomic mass is 32.2. The first-order valence-electron chi connectivity index (χ1n) is 14.3. The zero-order chi connectivity index (χ0) is 34.1. The van der Waals surface area contributed by atoms with Gasteiger partial charge < -0.3 is 9.47 Å². The number of nitrogens with two attached hydrogens (primary N) is 1. The van der Waals surface area contributed by atoms with Gasteiger partial charge in [0, 0.05) is 37.9 Å². The van der Waals surface area contributed by atoms with Crippen LogP contribution in [0.4, 0.5) is 0 Å². The lowest BCUT2D eigenvalue weighted by atomic mass is 10.2. The number of hydrogen-bond donors (Lipinski definition) is 1. The van der Waals surface area contributed by atoms with E-state index < -0.39 is 20.0 Å². The molecule has 48 heavy (non-hydrogen) atoms. The summed E-state index contributed by atoms with van der Waals surface area (Å²) in [7, 11) is -4.46. The maximum Gasteiger partial charge on any atom is 0.263 e. The summed E-state index contributed by atoms with van der Waals surface area (Å²) in [5.74, 6) is 1.41. The summed E-state index contributed by atoms with van der Waals surface area (Å²) in [6, 6.07) is 24.5. The minimum Gasteiger partial charge on any atom is -0.497 e. The van der Waals surface area contributed by atoms with Crippen LogP contribution in [0.5, 0.6) is 11.5 Å². The Bertz CT molecular complexity index is 2090. The minimum atomic E-state index is -3.90. The van der Waals surface area contributed by atoms with E-state index in [2.05, 4.69) is 20.2 Å². The van der Waals surface area contributed by atoms with Gasteiger partial charge in [-0.05, 0) is 71.8 Å². The van der Waals surface area contributed by atoms with Gasteiger partial charge in [-0.15, -0.1) is 0 Å². The van der Waals surface area contributed by atoms with Crippen LogP contribution in [0.1, 0.15) is 11.1 Å². The molecule has 0 bridgehead atoms. The monoisotopic (exact) mass is 688 g/mol. The van der Waals surface area contributed by atoms with Crippen LogP contribution in [0.3, 0.4) is 0 Å². The van der Waals surface area contributed by atoms with Crippen molar-refractivity contribution in [3.63, 3.8) is 0 Å². The topological polar surface area (TPSA) is 177 Å². The molecule has 6 aromatic rings. The Morgan fingerprint density at radius 2 is 1.08 bits per heavy atom. The Morgan fingerprint density at radius 3 is 1.46 bits per heavy atom. The molecule has 0 saturated heterocycles. The average molecular weight is 689 g/mol. The molecule has 0 radical (unpaired) electrons. The van der Waals surface area contributed by atoms with Gasteiger partial charge in [-0.25, -0.2) is 31.3 Å². The lowest BCUT2D eigenvalue weighted by Crippen LogP contribution is -2.30. The SMILES string of the molecule is COc1ccc(CN(Cc2ccc(OC)cc2)S(=O)(=O)c2ccn(-c3cccnc3)n2)cc1.NS(=O)(=O)c1ccn(-c2cccnc2)n1. The van der Waals surface area contributed by atoms with Crippen molar-refractivity contribution in [3.05, 3.63) is 133 Å². The number of sulfonamides is 2. The van der Waals surface area contributed by atoms with Gasteiger partial charge in [-0.3, -0.25) is 9.97 Å². The van der Waals surface area contributed by atoms with Gasteiger partial charge in [0.25, 0.3) is 20.0 Å². The number of hydrogen-bond acceptors (Lipinski definition) is 10. The molecule has 0 spiro atoms. The molecule has 248 valence electrons. The molecule has 0 atom stereocenters. The maximum atomic E-state index is 13.6. The Morgan fingerprint density at radius 1 is 0.646 bits per heavy atom. The lowest BCUT2D eigenvalue weighted by molar-refractivity contribution is 0.395. The third-order valence-electron chi connectivity index (χ3n) is 6.88. The van der Waals surface area contributed by atoms with Crippen molar-refractivity contribution >= 4 is 20.0 Å². The molecule has 6 rings (SSSR count). The van der Waals surface area contributed by atoms with Crippen LogP contribution < -0.4 is 14.6 Å². The number of benzene rings is 2.